The number of rotatable bonds is 6. The molecule has 3 rings (SSSR count). The summed E-state index contributed by atoms with van der Waals surface area (Å²) in [4.78, 5) is 23.3. The van der Waals surface area contributed by atoms with Crippen molar-refractivity contribution in [3.05, 3.63) is 0 Å². The molecule has 0 aromatic rings. The van der Waals surface area contributed by atoms with Gasteiger partial charge in [-0.2, -0.15) is 0 Å². The number of amides is 1. The predicted molar refractivity (Wildman–Crippen MR) is 101 cm³/mol. The van der Waals surface area contributed by atoms with Gasteiger partial charge in [0.15, 0.2) is 0 Å². The van der Waals surface area contributed by atoms with E-state index in [0.29, 0.717) is 11.8 Å². The van der Waals surface area contributed by atoms with Crippen molar-refractivity contribution in [1.29, 1.82) is 5.41 Å². The predicted octanol–water partition coefficient (Wildman–Crippen LogP) is 2.28. The van der Waals surface area contributed by atoms with Crippen molar-refractivity contribution in [1.82, 2.24) is 5.32 Å². The summed E-state index contributed by atoms with van der Waals surface area (Å²) in [6.07, 6.45) is 9.48. The Hall–Kier alpha value is -1.63. The van der Waals surface area contributed by atoms with Gasteiger partial charge in [-0.15, -0.1) is 0 Å². The number of ether oxygens (including phenoxy) is 1. The van der Waals surface area contributed by atoms with Gasteiger partial charge >= 0.3 is 5.97 Å². The van der Waals surface area contributed by atoms with Crippen LogP contribution in [0.15, 0.2) is 0 Å². The third-order valence-corrected chi connectivity index (χ3v) is 6.89. The molecular weight excluding hydrogens is 346 g/mol. The first-order valence-corrected chi connectivity index (χ1v) is 10.4. The number of aliphatic carboxylic acids is 1. The fourth-order valence-electron chi connectivity index (χ4n) is 5.30. The van der Waals surface area contributed by atoms with Gasteiger partial charge in [0.05, 0.1) is 11.9 Å². The smallest absolute Gasteiger partial charge is 0.329 e. The minimum absolute atomic E-state index is 0.0680. The van der Waals surface area contributed by atoms with Gasteiger partial charge in [-0.3, -0.25) is 10.2 Å². The highest BCUT2D eigenvalue weighted by molar-refractivity contribution is 5.81. The first kappa shape index (κ1) is 20.1. The molecule has 3 aliphatic carbocycles. The molecule has 0 aliphatic heterocycles. The van der Waals surface area contributed by atoms with E-state index in [1.807, 2.05) is 0 Å². The second-order valence-electron chi connectivity index (χ2n) is 8.68. The van der Waals surface area contributed by atoms with E-state index in [9.17, 15) is 9.59 Å². The van der Waals surface area contributed by atoms with Gasteiger partial charge in [0.2, 0.25) is 5.91 Å². The molecule has 3 fully saturated rings. The lowest BCUT2D eigenvalue weighted by Gasteiger charge is -2.42. The van der Waals surface area contributed by atoms with E-state index < -0.39 is 5.97 Å². The summed E-state index contributed by atoms with van der Waals surface area (Å²) in [7, 11) is 0. The monoisotopic (exact) mass is 379 g/mol. The Balaban J connectivity index is 1.41. The van der Waals surface area contributed by atoms with E-state index in [1.165, 1.54) is 0 Å². The fourth-order valence-corrected chi connectivity index (χ4v) is 5.30. The van der Waals surface area contributed by atoms with Crippen LogP contribution in [-0.2, 0) is 14.3 Å². The molecule has 0 aromatic heterocycles. The van der Waals surface area contributed by atoms with Gasteiger partial charge in [-0.05, 0) is 76.0 Å². The van der Waals surface area contributed by atoms with Crippen molar-refractivity contribution in [2.24, 2.45) is 29.4 Å². The molecule has 7 heteroatoms. The molecule has 0 bridgehead atoms. The number of hydrogen-bond acceptors (Lipinski definition) is 4. The summed E-state index contributed by atoms with van der Waals surface area (Å²) in [6.45, 7) is -0.202. The van der Waals surface area contributed by atoms with E-state index in [0.717, 1.165) is 64.2 Å². The van der Waals surface area contributed by atoms with E-state index in [4.69, 9.17) is 21.0 Å². The molecule has 3 saturated carbocycles. The molecular formula is C20H33N3O4. The quantitative estimate of drug-likeness (QED) is 0.416. The van der Waals surface area contributed by atoms with Gasteiger partial charge in [-0.25, -0.2) is 4.79 Å². The Morgan fingerprint density at radius 2 is 1.59 bits per heavy atom. The van der Waals surface area contributed by atoms with Crippen LogP contribution in [-0.4, -0.2) is 41.6 Å². The van der Waals surface area contributed by atoms with Crippen molar-refractivity contribution < 1.29 is 19.4 Å². The Morgan fingerprint density at radius 3 is 2.26 bits per heavy atom. The number of carboxylic acids is 1. The molecule has 0 saturated heterocycles. The summed E-state index contributed by atoms with van der Waals surface area (Å²) in [5.74, 6) is 0.968. The average Bonchev–Trinajstić information content (AvgIpc) is 2.66. The zero-order valence-electron chi connectivity index (χ0n) is 16.0. The molecule has 0 heterocycles. The largest absolute Gasteiger partial charge is 0.480 e. The van der Waals surface area contributed by atoms with Crippen molar-refractivity contribution >= 4 is 17.7 Å². The van der Waals surface area contributed by atoms with Gasteiger partial charge in [-0.1, -0.05) is 0 Å². The van der Waals surface area contributed by atoms with E-state index in [1.54, 1.807) is 0 Å². The lowest BCUT2D eigenvalue weighted by molar-refractivity contribution is -0.145. The lowest BCUT2D eigenvalue weighted by atomic mass is 9.68. The summed E-state index contributed by atoms with van der Waals surface area (Å²) in [5.41, 5.74) is 5.59. The minimum Gasteiger partial charge on any atom is -0.480 e. The minimum atomic E-state index is -0.902. The van der Waals surface area contributed by atoms with Crippen LogP contribution in [0.2, 0.25) is 0 Å². The highest BCUT2D eigenvalue weighted by Gasteiger charge is 2.37. The highest BCUT2D eigenvalue weighted by Crippen LogP contribution is 2.41. The molecule has 27 heavy (non-hydrogen) atoms. The Kier molecular flexibility index (Phi) is 6.73. The summed E-state index contributed by atoms with van der Waals surface area (Å²) < 4.78 is 5.50. The molecule has 152 valence electrons. The maximum absolute atomic E-state index is 12.6. The van der Waals surface area contributed by atoms with Crippen LogP contribution in [0, 0.1) is 29.1 Å². The topological polar surface area (TPSA) is 126 Å². The van der Waals surface area contributed by atoms with Crippen molar-refractivity contribution in [3.63, 3.8) is 0 Å². The molecule has 1 amide bonds. The van der Waals surface area contributed by atoms with Crippen LogP contribution in [0.3, 0.4) is 0 Å². The zero-order valence-corrected chi connectivity index (χ0v) is 16.0. The van der Waals surface area contributed by atoms with Crippen LogP contribution in [0.1, 0.15) is 64.2 Å². The molecule has 0 aromatic carbocycles. The van der Waals surface area contributed by atoms with Crippen LogP contribution in [0.25, 0.3) is 0 Å². The number of nitrogens with two attached hydrogens (primary N) is 1. The second kappa shape index (κ2) is 9.04. The molecule has 0 radical (unpaired) electrons. The molecule has 4 atom stereocenters. The molecule has 7 nitrogen and oxygen atoms in total. The van der Waals surface area contributed by atoms with Crippen LogP contribution >= 0.6 is 0 Å². The van der Waals surface area contributed by atoms with Gasteiger partial charge in [0, 0.05) is 17.9 Å². The molecule has 0 spiro atoms. The number of hydrogen-bond donors (Lipinski definition) is 4. The van der Waals surface area contributed by atoms with Crippen LogP contribution in [0.5, 0.6) is 0 Å². The van der Waals surface area contributed by atoms with Gasteiger partial charge in [0.25, 0.3) is 0 Å². The Bertz CT molecular complexity index is 559. The molecule has 4 unspecified atom stereocenters. The number of carbonyl (C=O) groups excluding carboxylic acids is 1. The normalized spacial score (nSPS) is 36.4. The summed E-state index contributed by atoms with van der Waals surface area (Å²) in [5, 5.41) is 19.6. The van der Waals surface area contributed by atoms with E-state index in [2.05, 4.69) is 5.32 Å². The zero-order chi connectivity index (χ0) is 19.4. The number of fused-ring (bicyclic) bond motifs is 1. The molecule has 5 N–H and O–H groups in total. The Morgan fingerprint density at radius 1 is 0.963 bits per heavy atom. The highest BCUT2D eigenvalue weighted by atomic mass is 16.5. The fraction of sp³-hybridized carbons (Fsp3) is 0.850. The lowest BCUT2D eigenvalue weighted by Crippen LogP contribution is -2.46. The second-order valence-corrected chi connectivity index (χ2v) is 8.68. The maximum Gasteiger partial charge on any atom is 0.329 e. The maximum atomic E-state index is 12.6. The number of carboxylic acid groups (broad SMARTS) is 1. The third kappa shape index (κ3) is 5.43. The first-order chi connectivity index (χ1) is 12.9. The summed E-state index contributed by atoms with van der Waals surface area (Å²) >= 11 is 0. The molecule has 3 aliphatic rings. The standard InChI is InChI=1S/C20H33N3O4/c21-19(22)12-1-3-13(4-2-12)20(26)23-16-7-5-15-10-17(27-11-18(24)25)8-6-14(15)9-16/h12-17H,1-11H2,(H3,21,22)(H,23,26)(H,24,25). The van der Waals surface area contributed by atoms with Gasteiger partial charge < -0.3 is 20.9 Å². The van der Waals surface area contributed by atoms with Crippen molar-refractivity contribution in [3.8, 4) is 0 Å². The first-order valence-electron chi connectivity index (χ1n) is 10.4. The van der Waals surface area contributed by atoms with E-state index >= 15 is 0 Å². The summed E-state index contributed by atoms with van der Waals surface area (Å²) in [6, 6.07) is 0.265. The number of carbonyl (C=O) groups is 2. The number of amidine groups is 1. The van der Waals surface area contributed by atoms with Gasteiger partial charge in [0.1, 0.15) is 6.61 Å². The van der Waals surface area contributed by atoms with Crippen LogP contribution < -0.4 is 11.1 Å². The Labute approximate surface area is 160 Å². The SMILES string of the molecule is N=C(N)C1CCC(C(=O)NC2CCC3CC(OCC(=O)O)CCC3C2)CC1. The van der Waals surface area contributed by atoms with Crippen molar-refractivity contribution in [2.75, 3.05) is 6.61 Å². The van der Waals surface area contributed by atoms with E-state index in [-0.39, 0.29) is 42.3 Å². The average molecular weight is 380 g/mol. The third-order valence-electron chi connectivity index (χ3n) is 6.89. The van der Waals surface area contributed by atoms with Crippen molar-refractivity contribution in [2.45, 2.75) is 76.4 Å². The number of nitrogens with one attached hydrogen (secondary N) is 2. The van der Waals surface area contributed by atoms with Crippen LogP contribution in [0.4, 0.5) is 0 Å².